The van der Waals surface area contributed by atoms with Crippen LogP contribution in [0.1, 0.15) is 27.7 Å². The van der Waals surface area contributed by atoms with Gasteiger partial charge >= 0.3 is 17.9 Å². The number of fused-ring (bicyclic) bond motifs is 1. The standard InChI is InChI=1S/C21H26O11/c1-6-13(24)29-11-9(23)19-10-7(22)8(17(2,3)4)18(19)12(28-5)14(25)31-16(18)32-21(19,15(26)30-10)20(6,11)27/h6-12,16,22-23,27H,1-5H3/t6-,7-,8?,9?,10?,11?,12+,16+,18?,19?,20-,21-/m1/s1. The predicted octanol–water partition coefficient (Wildman–Crippen LogP) is -1.74. The second kappa shape index (κ2) is 5.30. The molecule has 176 valence electrons. The SMILES string of the molecule is CO[C@H]1C(=O)O[C@H]2O[C@]34C(=O)OC5[C@H](O)C(C(C)(C)C)C21C53C(O)C1OC(=O)[C@@H](C)[C@@]14O. The van der Waals surface area contributed by atoms with Crippen LogP contribution in [0.4, 0.5) is 0 Å². The van der Waals surface area contributed by atoms with Crippen LogP contribution >= 0.6 is 0 Å². The molecule has 3 N–H and O–H groups in total. The van der Waals surface area contributed by atoms with Gasteiger partial charge in [-0.05, 0) is 12.3 Å². The maximum absolute atomic E-state index is 13.5. The van der Waals surface area contributed by atoms with E-state index in [4.69, 9.17) is 23.7 Å². The van der Waals surface area contributed by atoms with E-state index in [0.717, 1.165) is 0 Å². The quantitative estimate of drug-likeness (QED) is 0.305. The van der Waals surface area contributed by atoms with Crippen molar-refractivity contribution in [2.75, 3.05) is 7.11 Å². The Hall–Kier alpha value is -1.79. The number of methoxy groups -OCH3 is 1. The van der Waals surface area contributed by atoms with Gasteiger partial charge in [0.05, 0.1) is 22.9 Å². The molecular formula is C21H26O11. The summed E-state index contributed by atoms with van der Waals surface area (Å²) < 4.78 is 28.3. The van der Waals surface area contributed by atoms with Crippen LogP contribution < -0.4 is 0 Å². The zero-order valence-electron chi connectivity index (χ0n) is 18.2. The average Bonchev–Trinajstić information content (AvgIpc) is 3.38. The normalized spacial score (nSPS) is 59.4. The molecule has 2 spiro atoms. The van der Waals surface area contributed by atoms with Crippen LogP contribution in [-0.4, -0.2) is 88.3 Å². The van der Waals surface area contributed by atoms with Crippen LogP contribution in [0.5, 0.6) is 0 Å². The monoisotopic (exact) mass is 454 g/mol. The Balaban J connectivity index is 1.75. The van der Waals surface area contributed by atoms with Gasteiger partial charge in [0, 0.05) is 13.0 Å². The van der Waals surface area contributed by atoms with E-state index in [2.05, 4.69) is 0 Å². The fourth-order valence-corrected chi connectivity index (χ4v) is 8.53. The Morgan fingerprint density at radius 1 is 1.00 bits per heavy atom. The molecule has 0 aromatic heterocycles. The summed E-state index contributed by atoms with van der Waals surface area (Å²) in [5.74, 6) is -4.70. The minimum atomic E-state index is -2.32. The van der Waals surface area contributed by atoms with Crippen molar-refractivity contribution in [3.63, 3.8) is 0 Å². The summed E-state index contributed by atoms with van der Waals surface area (Å²) in [4.78, 5) is 38.9. The molecule has 0 bridgehead atoms. The minimum absolute atomic E-state index is 0.713. The number of esters is 3. The van der Waals surface area contributed by atoms with Gasteiger partial charge in [0.25, 0.3) is 0 Å². The van der Waals surface area contributed by atoms with Gasteiger partial charge in [0.2, 0.25) is 11.9 Å². The van der Waals surface area contributed by atoms with Crippen molar-refractivity contribution in [2.24, 2.45) is 28.1 Å². The largest absolute Gasteiger partial charge is 0.456 e. The highest BCUT2D eigenvalue weighted by Gasteiger charge is 3.05. The van der Waals surface area contributed by atoms with Gasteiger partial charge in [-0.25, -0.2) is 9.59 Å². The first-order chi connectivity index (χ1) is 14.8. The van der Waals surface area contributed by atoms with Gasteiger partial charge in [-0.15, -0.1) is 0 Å². The van der Waals surface area contributed by atoms with Crippen molar-refractivity contribution < 1.29 is 53.4 Å². The minimum Gasteiger partial charge on any atom is -0.456 e. The van der Waals surface area contributed by atoms with Gasteiger partial charge in [0.1, 0.15) is 12.2 Å². The zero-order chi connectivity index (χ0) is 23.4. The molecule has 2 saturated carbocycles. The fourth-order valence-electron chi connectivity index (χ4n) is 8.53. The molecule has 6 fully saturated rings. The molecule has 4 saturated heterocycles. The number of rotatable bonds is 1. The molecule has 4 aliphatic heterocycles. The first-order valence-electron chi connectivity index (χ1n) is 10.7. The van der Waals surface area contributed by atoms with Gasteiger partial charge in [-0.1, -0.05) is 20.8 Å². The second-order valence-corrected chi connectivity index (χ2v) is 11.0. The summed E-state index contributed by atoms with van der Waals surface area (Å²) in [6.45, 7) is 6.88. The van der Waals surface area contributed by atoms with Crippen LogP contribution in [-0.2, 0) is 38.1 Å². The smallest absolute Gasteiger partial charge is 0.343 e. The van der Waals surface area contributed by atoms with Crippen LogP contribution in [0.3, 0.4) is 0 Å². The lowest BCUT2D eigenvalue weighted by Crippen LogP contribution is -2.67. The number of aliphatic hydroxyl groups is 3. The highest BCUT2D eigenvalue weighted by Crippen LogP contribution is 2.84. The molecule has 0 aromatic rings. The molecule has 6 unspecified atom stereocenters. The van der Waals surface area contributed by atoms with E-state index >= 15 is 0 Å². The molecule has 11 heteroatoms. The number of hydrogen-bond donors (Lipinski definition) is 3. The van der Waals surface area contributed by atoms with Crippen LogP contribution in [0, 0.1) is 28.1 Å². The van der Waals surface area contributed by atoms with Crippen molar-refractivity contribution in [3.05, 3.63) is 0 Å². The molecule has 4 heterocycles. The summed E-state index contributed by atoms with van der Waals surface area (Å²) in [5.41, 5.74) is -8.83. The van der Waals surface area contributed by atoms with E-state index in [-0.39, 0.29) is 0 Å². The Bertz CT molecular complexity index is 973. The van der Waals surface area contributed by atoms with Gasteiger partial charge in [-0.2, -0.15) is 0 Å². The summed E-state index contributed by atoms with van der Waals surface area (Å²) in [6.07, 6.45) is -8.71. The highest BCUT2D eigenvalue weighted by molar-refractivity contribution is 5.94. The van der Waals surface area contributed by atoms with Crippen molar-refractivity contribution in [2.45, 2.75) is 75.7 Å². The second-order valence-electron chi connectivity index (χ2n) is 11.0. The number of aliphatic hydroxyl groups excluding tert-OH is 2. The number of carbonyl (C=O) groups is 3. The first-order valence-corrected chi connectivity index (χ1v) is 10.7. The maximum Gasteiger partial charge on any atom is 0.343 e. The summed E-state index contributed by atoms with van der Waals surface area (Å²) in [5, 5.41) is 35.3. The maximum atomic E-state index is 13.5. The van der Waals surface area contributed by atoms with E-state index in [0.29, 0.717) is 0 Å². The number of carbonyl (C=O) groups excluding carboxylic acids is 3. The third-order valence-corrected chi connectivity index (χ3v) is 9.16. The summed E-state index contributed by atoms with van der Waals surface area (Å²) in [6, 6.07) is 0. The van der Waals surface area contributed by atoms with Crippen molar-refractivity contribution in [3.8, 4) is 0 Å². The molecular weight excluding hydrogens is 428 g/mol. The third kappa shape index (κ3) is 1.49. The molecule has 0 amide bonds. The van der Waals surface area contributed by atoms with Crippen LogP contribution in [0.15, 0.2) is 0 Å². The molecule has 11 nitrogen and oxygen atoms in total. The Labute approximate surface area is 182 Å². The van der Waals surface area contributed by atoms with Crippen molar-refractivity contribution in [1.29, 1.82) is 0 Å². The lowest BCUT2D eigenvalue weighted by Gasteiger charge is -2.48. The molecule has 2 aliphatic carbocycles. The fraction of sp³-hybridized carbons (Fsp3) is 0.857. The van der Waals surface area contributed by atoms with E-state index in [1.807, 2.05) is 20.8 Å². The van der Waals surface area contributed by atoms with Crippen molar-refractivity contribution in [1.82, 2.24) is 0 Å². The van der Waals surface area contributed by atoms with E-state index < -0.39 is 94.0 Å². The van der Waals surface area contributed by atoms with Gasteiger partial charge < -0.3 is 39.0 Å². The first kappa shape index (κ1) is 20.8. The lowest BCUT2D eigenvalue weighted by atomic mass is 9.51. The molecule has 6 rings (SSSR count). The highest BCUT2D eigenvalue weighted by atomic mass is 16.8. The average molecular weight is 454 g/mol. The third-order valence-electron chi connectivity index (χ3n) is 9.16. The van der Waals surface area contributed by atoms with Gasteiger partial charge in [0.15, 0.2) is 17.8 Å². The van der Waals surface area contributed by atoms with Gasteiger partial charge in [-0.3, -0.25) is 4.79 Å². The molecule has 32 heavy (non-hydrogen) atoms. The number of hydrogen-bond acceptors (Lipinski definition) is 11. The topological polar surface area (TPSA) is 158 Å². The molecule has 12 atom stereocenters. The Kier molecular flexibility index (Phi) is 3.45. The predicted molar refractivity (Wildman–Crippen MR) is 98.2 cm³/mol. The summed E-state index contributed by atoms with van der Waals surface area (Å²) >= 11 is 0. The van der Waals surface area contributed by atoms with E-state index in [1.54, 1.807) is 0 Å². The summed E-state index contributed by atoms with van der Waals surface area (Å²) in [7, 11) is 1.29. The molecule has 6 aliphatic rings. The van der Waals surface area contributed by atoms with Crippen molar-refractivity contribution >= 4 is 17.9 Å². The van der Waals surface area contributed by atoms with Crippen LogP contribution in [0.2, 0.25) is 0 Å². The zero-order valence-corrected chi connectivity index (χ0v) is 18.2. The lowest BCUT2D eigenvalue weighted by molar-refractivity contribution is -0.240. The van der Waals surface area contributed by atoms with Crippen LogP contribution in [0.25, 0.3) is 0 Å². The molecule has 0 radical (unpaired) electrons. The van der Waals surface area contributed by atoms with E-state index in [9.17, 15) is 29.7 Å². The van der Waals surface area contributed by atoms with E-state index in [1.165, 1.54) is 14.0 Å². The molecule has 0 aromatic carbocycles. The Morgan fingerprint density at radius 3 is 2.25 bits per heavy atom. The number of ether oxygens (including phenoxy) is 5. The Morgan fingerprint density at radius 2 is 1.66 bits per heavy atom.